The lowest BCUT2D eigenvalue weighted by Gasteiger charge is -2.40. The molecular formula is C16H30N4. The summed E-state index contributed by atoms with van der Waals surface area (Å²) >= 11 is 0. The quantitative estimate of drug-likeness (QED) is 0.336. The van der Waals surface area contributed by atoms with E-state index >= 15 is 0 Å². The third-order valence-corrected chi connectivity index (χ3v) is 5.80. The van der Waals surface area contributed by atoms with Crippen LogP contribution in [0.25, 0.3) is 0 Å². The molecule has 1 aliphatic heterocycles. The summed E-state index contributed by atoms with van der Waals surface area (Å²) in [7, 11) is 0. The van der Waals surface area contributed by atoms with Crippen LogP contribution in [-0.4, -0.2) is 30.0 Å². The van der Waals surface area contributed by atoms with Gasteiger partial charge in [-0.1, -0.05) is 32.1 Å². The van der Waals surface area contributed by atoms with Crippen LogP contribution in [0.15, 0.2) is 4.99 Å². The Hall–Kier alpha value is -0.770. The van der Waals surface area contributed by atoms with Gasteiger partial charge in [-0.25, -0.2) is 10.8 Å². The second kappa shape index (κ2) is 6.33. The van der Waals surface area contributed by atoms with Gasteiger partial charge in [-0.05, 0) is 43.9 Å². The number of nitrogens with zero attached hydrogens (tertiary/aromatic N) is 2. The zero-order valence-electron chi connectivity index (χ0n) is 12.7. The summed E-state index contributed by atoms with van der Waals surface area (Å²) in [6.07, 6.45) is 15.0. The van der Waals surface area contributed by atoms with Crippen molar-refractivity contribution in [1.29, 1.82) is 0 Å². The van der Waals surface area contributed by atoms with Gasteiger partial charge in [0.2, 0.25) is 5.96 Å². The van der Waals surface area contributed by atoms with Gasteiger partial charge < -0.3 is 4.90 Å². The molecule has 0 unspecified atom stereocenters. The van der Waals surface area contributed by atoms with Crippen LogP contribution in [0.3, 0.4) is 0 Å². The van der Waals surface area contributed by atoms with Crippen LogP contribution in [0, 0.1) is 5.41 Å². The fourth-order valence-corrected chi connectivity index (χ4v) is 4.41. The van der Waals surface area contributed by atoms with Crippen molar-refractivity contribution in [3.05, 3.63) is 0 Å². The van der Waals surface area contributed by atoms with Crippen LogP contribution in [-0.2, 0) is 0 Å². The molecule has 1 saturated heterocycles. The van der Waals surface area contributed by atoms with E-state index in [9.17, 15) is 0 Å². The van der Waals surface area contributed by atoms with Gasteiger partial charge in [0, 0.05) is 13.1 Å². The third-order valence-electron chi connectivity index (χ3n) is 5.80. The number of nitrogens with two attached hydrogens (primary N) is 1. The number of piperidine rings is 1. The van der Waals surface area contributed by atoms with Crippen molar-refractivity contribution >= 4 is 5.96 Å². The highest BCUT2D eigenvalue weighted by Crippen LogP contribution is 2.46. The molecule has 4 heteroatoms. The molecule has 3 aliphatic rings. The Kier molecular flexibility index (Phi) is 4.49. The fraction of sp³-hybridized carbons (Fsp3) is 0.938. The second-order valence-corrected chi connectivity index (χ2v) is 7.08. The number of hydrogen-bond donors (Lipinski definition) is 2. The minimum Gasteiger partial charge on any atom is -0.342 e. The monoisotopic (exact) mass is 278 g/mol. The molecule has 0 atom stereocenters. The van der Waals surface area contributed by atoms with E-state index < -0.39 is 0 Å². The average molecular weight is 278 g/mol. The van der Waals surface area contributed by atoms with E-state index in [-0.39, 0.29) is 0 Å². The molecule has 114 valence electrons. The van der Waals surface area contributed by atoms with E-state index in [0.717, 1.165) is 19.0 Å². The average Bonchev–Trinajstić information content (AvgIpc) is 2.95. The summed E-state index contributed by atoms with van der Waals surface area (Å²) in [5, 5.41) is 0. The van der Waals surface area contributed by atoms with Gasteiger partial charge in [0.25, 0.3) is 0 Å². The smallest absolute Gasteiger partial charge is 0.208 e. The zero-order chi connectivity index (χ0) is 13.8. The summed E-state index contributed by atoms with van der Waals surface area (Å²) in [5.41, 5.74) is 3.54. The molecule has 1 spiro atoms. The topological polar surface area (TPSA) is 53.6 Å². The highest BCUT2D eigenvalue weighted by molar-refractivity contribution is 5.79. The Morgan fingerprint density at radius 3 is 2.20 bits per heavy atom. The fourth-order valence-electron chi connectivity index (χ4n) is 4.41. The molecule has 0 aromatic heterocycles. The van der Waals surface area contributed by atoms with Gasteiger partial charge in [-0.2, -0.15) is 0 Å². The molecule has 0 amide bonds. The van der Waals surface area contributed by atoms with Gasteiger partial charge in [-0.15, -0.1) is 0 Å². The molecule has 1 heterocycles. The first-order valence-electron chi connectivity index (χ1n) is 8.61. The van der Waals surface area contributed by atoms with Crippen LogP contribution < -0.4 is 11.3 Å². The van der Waals surface area contributed by atoms with Gasteiger partial charge in [-0.3, -0.25) is 5.43 Å². The summed E-state index contributed by atoms with van der Waals surface area (Å²) in [4.78, 5) is 7.29. The van der Waals surface area contributed by atoms with Gasteiger partial charge in [0.15, 0.2) is 0 Å². The SMILES string of the molecule is NNC(=NC1CCCCC1)N1CCC2(CCCC2)CC1. The second-order valence-electron chi connectivity index (χ2n) is 7.08. The van der Waals surface area contributed by atoms with E-state index in [1.807, 2.05) is 0 Å². The number of hydrogen-bond acceptors (Lipinski definition) is 2. The van der Waals surface area contributed by atoms with Crippen molar-refractivity contribution < 1.29 is 0 Å². The molecule has 2 saturated carbocycles. The molecular weight excluding hydrogens is 248 g/mol. The lowest BCUT2D eigenvalue weighted by molar-refractivity contribution is 0.151. The Morgan fingerprint density at radius 2 is 1.60 bits per heavy atom. The van der Waals surface area contributed by atoms with Gasteiger partial charge in [0.05, 0.1) is 6.04 Å². The summed E-state index contributed by atoms with van der Waals surface area (Å²) in [6, 6.07) is 0.497. The minimum absolute atomic E-state index is 0.497. The van der Waals surface area contributed by atoms with Crippen molar-refractivity contribution in [2.45, 2.75) is 76.7 Å². The van der Waals surface area contributed by atoms with E-state index in [1.165, 1.54) is 70.6 Å². The maximum atomic E-state index is 5.74. The van der Waals surface area contributed by atoms with Crippen molar-refractivity contribution in [3.8, 4) is 0 Å². The first-order valence-corrected chi connectivity index (χ1v) is 8.61. The van der Waals surface area contributed by atoms with Crippen molar-refractivity contribution in [2.24, 2.45) is 16.3 Å². The highest BCUT2D eigenvalue weighted by Gasteiger charge is 2.37. The number of rotatable bonds is 1. The lowest BCUT2D eigenvalue weighted by atomic mass is 9.77. The van der Waals surface area contributed by atoms with E-state index in [4.69, 9.17) is 10.8 Å². The lowest BCUT2D eigenvalue weighted by Crippen LogP contribution is -2.50. The van der Waals surface area contributed by atoms with E-state index in [1.54, 1.807) is 0 Å². The third kappa shape index (κ3) is 3.11. The Bertz CT molecular complexity index is 330. The summed E-state index contributed by atoms with van der Waals surface area (Å²) < 4.78 is 0. The van der Waals surface area contributed by atoms with Crippen molar-refractivity contribution in [3.63, 3.8) is 0 Å². The van der Waals surface area contributed by atoms with Crippen molar-refractivity contribution in [2.75, 3.05) is 13.1 Å². The first-order chi connectivity index (χ1) is 9.81. The van der Waals surface area contributed by atoms with Crippen LogP contribution in [0.5, 0.6) is 0 Å². The van der Waals surface area contributed by atoms with Crippen molar-refractivity contribution in [1.82, 2.24) is 10.3 Å². The summed E-state index contributed by atoms with van der Waals surface area (Å²) in [5.74, 6) is 6.69. The molecule has 20 heavy (non-hydrogen) atoms. The predicted molar refractivity (Wildman–Crippen MR) is 83.3 cm³/mol. The van der Waals surface area contributed by atoms with Crippen LogP contribution >= 0.6 is 0 Å². The number of aliphatic imine (C=N–C) groups is 1. The molecule has 0 bridgehead atoms. The highest BCUT2D eigenvalue weighted by atomic mass is 15.4. The number of guanidine groups is 1. The Balaban J connectivity index is 1.58. The number of likely N-dealkylation sites (tertiary alicyclic amines) is 1. The number of hydrazine groups is 1. The number of nitrogens with one attached hydrogen (secondary N) is 1. The molecule has 0 aromatic carbocycles. The van der Waals surface area contributed by atoms with E-state index in [2.05, 4.69) is 10.3 Å². The molecule has 3 N–H and O–H groups in total. The molecule has 0 radical (unpaired) electrons. The minimum atomic E-state index is 0.497. The molecule has 3 rings (SSSR count). The van der Waals surface area contributed by atoms with Gasteiger partial charge >= 0.3 is 0 Å². The molecule has 0 aromatic rings. The zero-order valence-corrected chi connectivity index (χ0v) is 12.7. The molecule has 3 fully saturated rings. The Labute approximate surface area is 123 Å². The predicted octanol–water partition coefficient (Wildman–Crippen LogP) is 2.79. The molecule has 4 nitrogen and oxygen atoms in total. The normalized spacial score (nSPS) is 28.1. The maximum Gasteiger partial charge on any atom is 0.208 e. The van der Waals surface area contributed by atoms with Gasteiger partial charge in [0.1, 0.15) is 0 Å². The largest absolute Gasteiger partial charge is 0.342 e. The van der Waals surface area contributed by atoms with Crippen LogP contribution in [0.1, 0.15) is 70.6 Å². The van der Waals surface area contributed by atoms with Crippen LogP contribution in [0.2, 0.25) is 0 Å². The van der Waals surface area contributed by atoms with Crippen LogP contribution in [0.4, 0.5) is 0 Å². The maximum absolute atomic E-state index is 5.74. The van der Waals surface area contributed by atoms with E-state index in [0.29, 0.717) is 11.5 Å². The Morgan fingerprint density at radius 1 is 0.950 bits per heavy atom. The first kappa shape index (κ1) is 14.2. The standard InChI is InChI=1S/C16H30N4/c17-19-15(18-14-6-2-1-3-7-14)20-12-10-16(11-13-20)8-4-5-9-16/h14H,1-13,17H2,(H,18,19). The summed E-state index contributed by atoms with van der Waals surface area (Å²) in [6.45, 7) is 2.27. The molecule has 2 aliphatic carbocycles.